The summed E-state index contributed by atoms with van der Waals surface area (Å²) in [5.74, 6) is 0.983. The number of carbonyl (C=O) groups is 1. The lowest BCUT2D eigenvalue weighted by atomic mass is 10.1. The summed E-state index contributed by atoms with van der Waals surface area (Å²) >= 11 is 18.6. The second-order valence-corrected chi connectivity index (χ2v) is 9.26. The fourth-order valence-corrected chi connectivity index (χ4v) is 4.69. The van der Waals surface area contributed by atoms with Gasteiger partial charge in [-0.3, -0.25) is 4.79 Å². The first-order valence-corrected chi connectivity index (χ1v) is 11.6. The van der Waals surface area contributed by atoms with E-state index in [1.807, 2.05) is 17.9 Å². The number of amides is 1. The number of alkyl halides is 1. The first-order chi connectivity index (χ1) is 15.3. The molecule has 2 saturated heterocycles. The lowest BCUT2D eigenvalue weighted by molar-refractivity contribution is -0.133. The second kappa shape index (κ2) is 9.95. The minimum Gasteiger partial charge on any atom is -0.362 e. The summed E-state index contributed by atoms with van der Waals surface area (Å²) in [6.07, 6.45) is 0.845. The number of anilines is 2. The molecule has 32 heavy (non-hydrogen) atoms. The van der Waals surface area contributed by atoms with Crippen molar-refractivity contribution in [2.45, 2.75) is 31.6 Å². The molecule has 2 fully saturated rings. The molecule has 7 nitrogen and oxygen atoms in total. The number of hydrogen-bond donors (Lipinski definition) is 2. The standard InChI is InChI=1S/C21H24Cl3FN6O/c1-12(15-3-2-13(22)8-16(15)23)28-19-17(24)11-27-21(29-19)31-6-4-30(5-7-31)20(32)18-9-14(25)10-26-18/h2-3,8,11-12,14,18,26H,4-7,9-10H2,1H3,(H,27,28,29)/t12-,14-,18-/m1/s1. The Kier molecular flexibility index (Phi) is 7.24. The molecule has 3 atom stereocenters. The van der Waals surface area contributed by atoms with E-state index in [4.69, 9.17) is 34.8 Å². The topological polar surface area (TPSA) is 73.4 Å². The van der Waals surface area contributed by atoms with Gasteiger partial charge in [-0.25, -0.2) is 9.37 Å². The van der Waals surface area contributed by atoms with Crippen molar-refractivity contribution in [3.8, 4) is 0 Å². The van der Waals surface area contributed by atoms with Crippen molar-refractivity contribution < 1.29 is 9.18 Å². The van der Waals surface area contributed by atoms with E-state index in [1.165, 1.54) is 0 Å². The summed E-state index contributed by atoms with van der Waals surface area (Å²) in [4.78, 5) is 25.3. The van der Waals surface area contributed by atoms with E-state index < -0.39 is 12.2 Å². The molecule has 2 aliphatic heterocycles. The Balaban J connectivity index is 1.40. The van der Waals surface area contributed by atoms with Gasteiger partial charge in [0, 0.05) is 49.2 Å². The molecule has 2 aliphatic rings. The Morgan fingerprint density at radius 3 is 2.62 bits per heavy atom. The minimum absolute atomic E-state index is 0.0437. The van der Waals surface area contributed by atoms with Gasteiger partial charge in [0.05, 0.1) is 18.3 Å². The van der Waals surface area contributed by atoms with Gasteiger partial charge in [-0.05, 0) is 24.6 Å². The highest BCUT2D eigenvalue weighted by molar-refractivity contribution is 6.35. The third-order valence-electron chi connectivity index (χ3n) is 5.76. The van der Waals surface area contributed by atoms with Crippen LogP contribution in [0.4, 0.5) is 16.2 Å². The van der Waals surface area contributed by atoms with Crippen molar-refractivity contribution in [1.29, 1.82) is 0 Å². The zero-order valence-electron chi connectivity index (χ0n) is 17.5. The molecule has 1 aromatic heterocycles. The quantitative estimate of drug-likeness (QED) is 0.646. The van der Waals surface area contributed by atoms with Crippen LogP contribution < -0.4 is 15.5 Å². The highest BCUT2D eigenvalue weighted by Gasteiger charge is 2.33. The van der Waals surface area contributed by atoms with Gasteiger partial charge in [0.1, 0.15) is 11.2 Å². The summed E-state index contributed by atoms with van der Waals surface area (Å²) in [6.45, 7) is 4.41. The number of carbonyl (C=O) groups excluding carboxylic acids is 1. The number of nitrogens with one attached hydrogen (secondary N) is 2. The molecule has 0 aliphatic carbocycles. The lowest BCUT2D eigenvalue weighted by Gasteiger charge is -2.36. The monoisotopic (exact) mass is 500 g/mol. The van der Waals surface area contributed by atoms with Crippen LogP contribution in [-0.2, 0) is 4.79 Å². The average Bonchev–Trinajstić information content (AvgIpc) is 3.21. The molecule has 172 valence electrons. The highest BCUT2D eigenvalue weighted by Crippen LogP contribution is 2.30. The molecular formula is C21H24Cl3FN6O. The van der Waals surface area contributed by atoms with Gasteiger partial charge in [-0.2, -0.15) is 4.98 Å². The van der Waals surface area contributed by atoms with Gasteiger partial charge in [0.25, 0.3) is 0 Å². The summed E-state index contributed by atoms with van der Waals surface area (Å²) in [5, 5.41) is 7.76. The Labute approximate surface area is 201 Å². The maximum atomic E-state index is 13.4. The molecule has 11 heteroatoms. The highest BCUT2D eigenvalue weighted by atomic mass is 35.5. The number of piperazine rings is 1. The van der Waals surface area contributed by atoms with Crippen LogP contribution in [0.1, 0.15) is 24.9 Å². The van der Waals surface area contributed by atoms with Gasteiger partial charge >= 0.3 is 0 Å². The molecule has 4 rings (SSSR count). The number of rotatable bonds is 5. The van der Waals surface area contributed by atoms with Crippen molar-refractivity contribution in [3.63, 3.8) is 0 Å². The predicted molar refractivity (Wildman–Crippen MR) is 126 cm³/mol. The van der Waals surface area contributed by atoms with E-state index >= 15 is 0 Å². The maximum absolute atomic E-state index is 13.4. The number of benzene rings is 1. The van der Waals surface area contributed by atoms with E-state index in [1.54, 1.807) is 23.2 Å². The largest absolute Gasteiger partial charge is 0.362 e. The second-order valence-electron chi connectivity index (χ2n) is 8.00. The van der Waals surface area contributed by atoms with Crippen LogP contribution in [0.15, 0.2) is 24.4 Å². The summed E-state index contributed by atoms with van der Waals surface area (Å²) in [7, 11) is 0. The number of hydrogen-bond acceptors (Lipinski definition) is 6. The number of nitrogens with zero attached hydrogens (tertiary/aromatic N) is 4. The fraction of sp³-hybridized carbons (Fsp3) is 0.476. The number of halogens is 4. The molecule has 0 saturated carbocycles. The summed E-state index contributed by atoms with van der Waals surface area (Å²) in [5.41, 5.74) is 0.871. The van der Waals surface area contributed by atoms with Gasteiger partial charge in [0.15, 0.2) is 5.82 Å². The van der Waals surface area contributed by atoms with E-state index in [0.29, 0.717) is 53.0 Å². The smallest absolute Gasteiger partial charge is 0.239 e. The molecular weight excluding hydrogens is 478 g/mol. The van der Waals surface area contributed by atoms with Crippen molar-refractivity contribution in [3.05, 3.63) is 45.0 Å². The van der Waals surface area contributed by atoms with Gasteiger partial charge in [-0.15, -0.1) is 0 Å². The third-order valence-corrected chi connectivity index (χ3v) is 6.60. The molecule has 3 heterocycles. The Bertz CT molecular complexity index is 988. The van der Waals surface area contributed by atoms with Crippen LogP contribution in [-0.4, -0.2) is 65.7 Å². The normalized spacial score (nSPS) is 22.2. The Hall–Kier alpha value is -1.87. The van der Waals surface area contributed by atoms with E-state index in [9.17, 15) is 9.18 Å². The molecule has 2 N–H and O–H groups in total. The van der Waals surface area contributed by atoms with Crippen LogP contribution in [0.2, 0.25) is 15.1 Å². The predicted octanol–water partition coefficient (Wildman–Crippen LogP) is 3.96. The van der Waals surface area contributed by atoms with Crippen molar-refractivity contribution in [2.75, 3.05) is 42.9 Å². The summed E-state index contributed by atoms with van der Waals surface area (Å²) in [6, 6.07) is 4.75. The first kappa shape index (κ1) is 23.3. The van der Waals surface area contributed by atoms with Gasteiger partial charge < -0.3 is 20.4 Å². The Morgan fingerprint density at radius 2 is 1.97 bits per heavy atom. The van der Waals surface area contributed by atoms with Gasteiger partial charge in [-0.1, -0.05) is 40.9 Å². The fourth-order valence-electron chi connectivity index (χ4n) is 3.97. The minimum atomic E-state index is -0.955. The van der Waals surface area contributed by atoms with Crippen LogP contribution in [0.5, 0.6) is 0 Å². The third kappa shape index (κ3) is 5.20. The van der Waals surface area contributed by atoms with Crippen LogP contribution in [0, 0.1) is 0 Å². The average molecular weight is 502 g/mol. The van der Waals surface area contributed by atoms with Crippen LogP contribution in [0.3, 0.4) is 0 Å². The molecule has 0 spiro atoms. The van der Waals surface area contributed by atoms with E-state index in [2.05, 4.69) is 20.6 Å². The van der Waals surface area contributed by atoms with E-state index in [-0.39, 0.29) is 24.9 Å². The SMILES string of the molecule is C[C@@H](Nc1nc(N2CCN(C(=O)[C@H]3C[C@@H](F)CN3)CC2)ncc1Cl)c1ccc(Cl)cc1Cl. The van der Waals surface area contributed by atoms with Crippen molar-refractivity contribution in [2.24, 2.45) is 0 Å². The van der Waals surface area contributed by atoms with Crippen molar-refractivity contribution >= 4 is 52.5 Å². The molecule has 0 bridgehead atoms. The zero-order valence-corrected chi connectivity index (χ0v) is 19.8. The molecule has 0 radical (unpaired) electrons. The van der Waals surface area contributed by atoms with Crippen molar-refractivity contribution in [1.82, 2.24) is 20.2 Å². The number of aromatic nitrogens is 2. The lowest BCUT2D eigenvalue weighted by Crippen LogP contribution is -2.53. The van der Waals surface area contributed by atoms with Crippen LogP contribution in [0.25, 0.3) is 0 Å². The molecule has 0 unspecified atom stereocenters. The van der Waals surface area contributed by atoms with E-state index in [0.717, 1.165) is 5.56 Å². The van der Waals surface area contributed by atoms with Crippen LogP contribution >= 0.6 is 34.8 Å². The zero-order chi connectivity index (χ0) is 22.8. The first-order valence-electron chi connectivity index (χ1n) is 10.5. The molecule has 1 aromatic carbocycles. The summed E-state index contributed by atoms with van der Waals surface area (Å²) < 4.78 is 13.4. The molecule has 1 amide bonds. The molecule has 2 aromatic rings. The van der Waals surface area contributed by atoms with Gasteiger partial charge in [0.2, 0.25) is 11.9 Å². The Morgan fingerprint density at radius 1 is 1.22 bits per heavy atom. The maximum Gasteiger partial charge on any atom is 0.239 e.